The lowest BCUT2D eigenvalue weighted by molar-refractivity contribution is -0.119. The van der Waals surface area contributed by atoms with Gasteiger partial charge in [0.2, 0.25) is 5.91 Å². The second kappa shape index (κ2) is 11.9. The van der Waals surface area contributed by atoms with E-state index in [0.29, 0.717) is 11.8 Å². The molecule has 2 aromatic heterocycles. The fraction of sp³-hybridized carbons (Fsp3) is 0.156. The number of hydrogen-bond donors (Lipinski definition) is 3. The summed E-state index contributed by atoms with van der Waals surface area (Å²) in [5, 5.41) is 8.26. The van der Waals surface area contributed by atoms with Gasteiger partial charge >= 0.3 is 6.03 Å². The lowest BCUT2D eigenvalue weighted by atomic mass is 10.1. The van der Waals surface area contributed by atoms with Gasteiger partial charge in [-0.05, 0) is 47.7 Å². The monoisotopic (exact) mass is 566 g/mol. The summed E-state index contributed by atoms with van der Waals surface area (Å²) < 4.78 is 21.7. The molecule has 1 aliphatic carbocycles. The van der Waals surface area contributed by atoms with Gasteiger partial charge in [-0.3, -0.25) is 15.1 Å². The summed E-state index contributed by atoms with van der Waals surface area (Å²) in [6.45, 7) is 0.869. The van der Waals surface area contributed by atoms with Gasteiger partial charge in [0.25, 0.3) is 0 Å². The molecule has 0 unspecified atom stereocenters. The number of hydrogen-bond acceptors (Lipinski definition) is 6. The van der Waals surface area contributed by atoms with Crippen LogP contribution in [-0.2, 0) is 17.8 Å². The van der Waals surface area contributed by atoms with Gasteiger partial charge in [-0.25, -0.2) is 9.18 Å². The maximum Gasteiger partial charge on any atom is 0.325 e. The van der Waals surface area contributed by atoms with Gasteiger partial charge in [-0.2, -0.15) is 0 Å². The third kappa shape index (κ3) is 6.77. The molecule has 206 valence electrons. The Hall–Kier alpha value is -4.60. The van der Waals surface area contributed by atoms with Gasteiger partial charge in [0.05, 0.1) is 16.6 Å². The highest BCUT2D eigenvalue weighted by Crippen LogP contribution is 2.39. The van der Waals surface area contributed by atoms with Gasteiger partial charge < -0.3 is 15.4 Å². The van der Waals surface area contributed by atoms with Crippen LogP contribution in [0.3, 0.4) is 0 Å². The summed E-state index contributed by atoms with van der Waals surface area (Å²) in [6.07, 6.45) is 4.21. The van der Waals surface area contributed by atoms with Crippen LogP contribution in [0.1, 0.15) is 24.0 Å². The number of anilines is 1. The average molecular weight is 567 g/mol. The zero-order chi connectivity index (χ0) is 28.2. The Bertz CT molecular complexity index is 1700. The number of carbonyl (C=O) groups is 2. The largest absolute Gasteiger partial charge is 0.453 e. The van der Waals surface area contributed by atoms with Crippen molar-refractivity contribution >= 4 is 39.2 Å². The van der Waals surface area contributed by atoms with E-state index in [1.54, 1.807) is 24.4 Å². The van der Waals surface area contributed by atoms with Gasteiger partial charge in [0.15, 0.2) is 11.6 Å². The van der Waals surface area contributed by atoms with E-state index in [1.807, 2.05) is 24.3 Å². The molecule has 41 heavy (non-hydrogen) atoms. The molecular weight excluding hydrogens is 539 g/mol. The lowest BCUT2D eigenvalue weighted by Crippen LogP contribution is -2.35. The fourth-order valence-electron chi connectivity index (χ4n) is 4.37. The number of urea groups is 1. The molecule has 6 rings (SSSR count). The molecule has 3 amide bonds. The molecule has 9 heteroatoms. The Balaban J connectivity index is 1.11. The van der Waals surface area contributed by atoms with Gasteiger partial charge in [0, 0.05) is 41.5 Å². The molecule has 0 atom stereocenters. The average Bonchev–Trinajstić information content (AvgIpc) is 3.70. The number of benzene rings is 3. The second-order valence-electron chi connectivity index (χ2n) is 9.90. The fourth-order valence-corrected chi connectivity index (χ4v) is 5.44. The highest BCUT2D eigenvalue weighted by Gasteiger charge is 2.20. The van der Waals surface area contributed by atoms with Crippen LogP contribution in [0.15, 0.2) is 91.1 Å². The third-order valence-corrected chi connectivity index (χ3v) is 7.84. The summed E-state index contributed by atoms with van der Waals surface area (Å²) in [4.78, 5) is 29.9. The summed E-state index contributed by atoms with van der Waals surface area (Å²) in [6, 6.07) is 25.3. The molecular formula is C32H27FN4O3S. The Morgan fingerprint density at radius 1 is 0.927 bits per heavy atom. The highest BCUT2D eigenvalue weighted by atomic mass is 32.1. The van der Waals surface area contributed by atoms with E-state index in [0.717, 1.165) is 38.8 Å². The first-order valence-electron chi connectivity index (χ1n) is 13.3. The predicted molar refractivity (Wildman–Crippen MR) is 159 cm³/mol. The standard InChI is InChI=1S/C32H27FN4O3S/c33-25-17-24(36-32(39)37-30(38)16-20-4-2-1-3-5-20)12-13-27(25)40-28-14-15-34-26-18-29(41-31(26)28)22-8-6-21(7-9-22)19-35-23-10-11-23/h1-9,12-15,17-18,23,35H,10-11,16,19H2,(H2,36,37,38,39). The van der Waals surface area contributed by atoms with Crippen LogP contribution in [0.25, 0.3) is 20.7 Å². The van der Waals surface area contributed by atoms with Crippen LogP contribution < -0.4 is 20.7 Å². The Morgan fingerprint density at radius 2 is 1.73 bits per heavy atom. The summed E-state index contributed by atoms with van der Waals surface area (Å²) in [5.41, 5.74) is 4.05. The first-order valence-corrected chi connectivity index (χ1v) is 14.2. The number of imide groups is 1. The molecule has 1 fully saturated rings. The van der Waals surface area contributed by atoms with Gasteiger partial charge in [-0.1, -0.05) is 54.6 Å². The minimum atomic E-state index is -0.742. The Labute approximate surface area is 240 Å². The quantitative estimate of drug-likeness (QED) is 0.178. The number of thiophene rings is 1. The van der Waals surface area contributed by atoms with E-state index < -0.39 is 17.8 Å². The number of halogens is 1. The van der Waals surface area contributed by atoms with Crippen molar-refractivity contribution in [3.63, 3.8) is 0 Å². The van der Waals surface area contributed by atoms with Crippen molar-refractivity contribution in [2.45, 2.75) is 31.8 Å². The zero-order valence-corrected chi connectivity index (χ0v) is 22.8. The van der Waals surface area contributed by atoms with Crippen molar-refractivity contribution in [2.24, 2.45) is 0 Å². The van der Waals surface area contributed by atoms with Gasteiger partial charge in [-0.15, -0.1) is 11.3 Å². The van der Waals surface area contributed by atoms with Crippen molar-refractivity contribution in [3.05, 3.63) is 108 Å². The number of rotatable bonds is 9. The molecule has 7 nitrogen and oxygen atoms in total. The Morgan fingerprint density at radius 3 is 2.49 bits per heavy atom. The molecule has 3 aromatic carbocycles. The summed E-state index contributed by atoms with van der Waals surface area (Å²) in [7, 11) is 0. The van der Waals surface area contributed by atoms with Crippen molar-refractivity contribution in [1.82, 2.24) is 15.6 Å². The first kappa shape index (κ1) is 26.6. The summed E-state index contributed by atoms with van der Waals surface area (Å²) >= 11 is 1.53. The molecule has 0 bridgehead atoms. The molecule has 3 N–H and O–H groups in total. The smallest absolute Gasteiger partial charge is 0.325 e. The number of nitrogens with zero attached hydrogens (tertiary/aromatic N) is 1. The van der Waals surface area contributed by atoms with E-state index in [1.165, 1.54) is 41.9 Å². The number of nitrogens with one attached hydrogen (secondary N) is 3. The van der Waals surface area contributed by atoms with Crippen LogP contribution in [0.2, 0.25) is 0 Å². The minimum Gasteiger partial charge on any atom is -0.453 e. The van der Waals surface area contributed by atoms with E-state index in [9.17, 15) is 14.0 Å². The molecule has 1 aliphatic rings. The van der Waals surface area contributed by atoms with Crippen molar-refractivity contribution in [1.29, 1.82) is 0 Å². The minimum absolute atomic E-state index is 0.00563. The Kier molecular flexibility index (Phi) is 7.71. The number of pyridine rings is 1. The topological polar surface area (TPSA) is 92.4 Å². The SMILES string of the molecule is O=C(Cc1ccccc1)NC(=O)Nc1ccc(Oc2ccnc3cc(-c4ccc(CNC5CC5)cc4)sc23)c(F)c1. The van der Waals surface area contributed by atoms with E-state index in [2.05, 4.69) is 45.2 Å². The van der Waals surface area contributed by atoms with Crippen molar-refractivity contribution in [2.75, 3.05) is 5.32 Å². The predicted octanol–water partition coefficient (Wildman–Crippen LogP) is 7.04. The van der Waals surface area contributed by atoms with Crippen LogP contribution in [0.4, 0.5) is 14.9 Å². The van der Waals surface area contributed by atoms with Gasteiger partial charge in [0.1, 0.15) is 5.75 Å². The lowest BCUT2D eigenvalue weighted by Gasteiger charge is -2.10. The van der Waals surface area contributed by atoms with Crippen LogP contribution >= 0.6 is 11.3 Å². The molecule has 0 aliphatic heterocycles. The molecule has 0 saturated heterocycles. The molecule has 0 spiro atoms. The van der Waals surface area contributed by atoms with Crippen molar-refractivity contribution in [3.8, 4) is 21.9 Å². The second-order valence-corrected chi connectivity index (χ2v) is 11.0. The summed E-state index contributed by atoms with van der Waals surface area (Å²) in [5.74, 6) is -0.630. The molecule has 1 saturated carbocycles. The number of carbonyl (C=O) groups excluding carboxylic acids is 2. The number of ether oxygens (including phenoxy) is 1. The zero-order valence-electron chi connectivity index (χ0n) is 22.0. The maximum absolute atomic E-state index is 15.0. The first-order chi connectivity index (χ1) is 20.0. The number of amides is 3. The van der Waals surface area contributed by atoms with E-state index in [4.69, 9.17) is 4.74 Å². The number of fused-ring (bicyclic) bond motifs is 1. The normalized spacial score (nSPS) is 12.7. The van der Waals surface area contributed by atoms with Crippen molar-refractivity contribution < 1.29 is 18.7 Å². The number of aromatic nitrogens is 1. The van der Waals surface area contributed by atoms with E-state index >= 15 is 0 Å². The highest BCUT2D eigenvalue weighted by molar-refractivity contribution is 7.22. The van der Waals surface area contributed by atoms with Crippen LogP contribution in [-0.4, -0.2) is 23.0 Å². The van der Waals surface area contributed by atoms with E-state index in [-0.39, 0.29) is 17.9 Å². The third-order valence-electron chi connectivity index (χ3n) is 6.66. The molecule has 2 heterocycles. The van der Waals surface area contributed by atoms with Crippen LogP contribution in [0.5, 0.6) is 11.5 Å². The molecule has 5 aromatic rings. The van der Waals surface area contributed by atoms with Crippen LogP contribution in [0, 0.1) is 5.82 Å². The maximum atomic E-state index is 15.0. The molecule has 0 radical (unpaired) electrons.